The molecule has 0 fully saturated rings. The first-order chi connectivity index (χ1) is 13.8. The fraction of sp³-hybridized carbons (Fsp3) is 0.450. The summed E-state index contributed by atoms with van der Waals surface area (Å²) in [6.07, 6.45) is 2.81. The van der Waals surface area contributed by atoms with Gasteiger partial charge in [-0.15, -0.1) is 11.8 Å². The molecule has 0 amide bonds. The van der Waals surface area contributed by atoms with E-state index in [1.165, 1.54) is 6.08 Å². The molecule has 0 radical (unpaired) electrons. The van der Waals surface area contributed by atoms with Crippen LogP contribution in [0.15, 0.2) is 36.4 Å². The van der Waals surface area contributed by atoms with Crippen LogP contribution < -0.4 is 0 Å². The number of rotatable bonds is 11. The molecule has 1 N–H and O–H groups in total. The molecule has 0 aliphatic heterocycles. The summed E-state index contributed by atoms with van der Waals surface area (Å²) in [6.45, 7) is 5.11. The van der Waals surface area contributed by atoms with Crippen molar-refractivity contribution in [2.24, 2.45) is 0 Å². The van der Waals surface area contributed by atoms with Crippen LogP contribution in [0.1, 0.15) is 31.6 Å². The average molecular weight is 536 g/mol. The second-order valence-corrected chi connectivity index (χ2v) is 7.90. The second-order valence-electron chi connectivity index (χ2n) is 5.60. The lowest BCUT2D eigenvalue weighted by Crippen LogP contribution is -2.53. The molecule has 1 unspecified atom stereocenters. The van der Waals surface area contributed by atoms with E-state index in [4.69, 9.17) is 14.2 Å². The van der Waals surface area contributed by atoms with Crippen molar-refractivity contribution in [3.8, 4) is 0 Å². The number of esters is 3. The molecule has 0 aliphatic rings. The van der Waals surface area contributed by atoms with Gasteiger partial charge in [-0.05, 0) is 55.0 Å². The van der Waals surface area contributed by atoms with E-state index in [1.807, 2.05) is 0 Å². The maximum absolute atomic E-state index is 12.7. The van der Waals surface area contributed by atoms with Gasteiger partial charge >= 0.3 is 17.9 Å². The topological polar surface area (TPSA) is 99.1 Å². The molecular formula is C20H25IO7S. The number of halogens is 1. The molecule has 0 spiro atoms. The largest absolute Gasteiger partial charge is 0.463 e. The third-order valence-corrected chi connectivity index (χ3v) is 5.94. The van der Waals surface area contributed by atoms with E-state index in [0.29, 0.717) is 5.56 Å². The molecule has 1 atom stereocenters. The number of carbonyl (C=O) groups excluding carboxylic acids is 3. The molecular weight excluding hydrogens is 511 g/mol. The van der Waals surface area contributed by atoms with Crippen LogP contribution in [0.5, 0.6) is 0 Å². The zero-order valence-electron chi connectivity index (χ0n) is 16.6. The molecule has 0 bridgehead atoms. The fourth-order valence-corrected chi connectivity index (χ4v) is 4.52. The third-order valence-electron chi connectivity index (χ3n) is 3.64. The van der Waals surface area contributed by atoms with E-state index in [1.54, 1.807) is 51.1 Å². The van der Waals surface area contributed by atoms with Crippen molar-refractivity contribution >= 4 is 52.3 Å². The minimum Gasteiger partial charge on any atom is -0.463 e. The van der Waals surface area contributed by atoms with Crippen LogP contribution in [0.3, 0.4) is 0 Å². The summed E-state index contributed by atoms with van der Waals surface area (Å²) in [6, 6.07) is 7.07. The van der Waals surface area contributed by atoms with Gasteiger partial charge in [0.05, 0.1) is 25.1 Å². The first kappa shape index (κ1) is 25.4. The Morgan fingerprint density at radius 2 is 1.62 bits per heavy atom. The van der Waals surface area contributed by atoms with Gasteiger partial charge in [-0.2, -0.15) is 0 Å². The summed E-state index contributed by atoms with van der Waals surface area (Å²) >= 11 is 3.18. The van der Waals surface area contributed by atoms with E-state index in [9.17, 15) is 19.5 Å². The quantitative estimate of drug-likeness (QED) is 0.152. The van der Waals surface area contributed by atoms with Crippen molar-refractivity contribution in [1.82, 2.24) is 0 Å². The Kier molecular flexibility index (Phi) is 11.3. The second kappa shape index (κ2) is 12.9. The van der Waals surface area contributed by atoms with Crippen molar-refractivity contribution < 1.29 is 33.7 Å². The molecule has 0 aliphatic carbocycles. The Morgan fingerprint density at radius 3 is 2.14 bits per heavy atom. The number of carbonyl (C=O) groups is 3. The van der Waals surface area contributed by atoms with Crippen LogP contribution in [0.4, 0.5) is 0 Å². The highest BCUT2D eigenvalue weighted by Crippen LogP contribution is 2.42. The van der Waals surface area contributed by atoms with Gasteiger partial charge in [0.1, 0.15) is 0 Å². The van der Waals surface area contributed by atoms with Crippen LogP contribution in [-0.4, -0.2) is 54.2 Å². The van der Waals surface area contributed by atoms with Crippen molar-refractivity contribution in [1.29, 1.82) is 0 Å². The molecule has 1 aromatic rings. The highest BCUT2D eigenvalue weighted by molar-refractivity contribution is 14.1. The van der Waals surface area contributed by atoms with Gasteiger partial charge in [-0.3, -0.25) is 0 Å². The molecule has 1 aromatic carbocycles. The molecule has 7 nitrogen and oxygen atoms in total. The lowest BCUT2D eigenvalue weighted by Gasteiger charge is -2.32. The summed E-state index contributed by atoms with van der Waals surface area (Å²) in [5.41, 5.74) is -1.97. The molecule has 9 heteroatoms. The van der Waals surface area contributed by atoms with Crippen LogP contribution in [-0.2, 0) is 28.6 Å². The first-order valence-corrected chi connectivity index (χ1v) is 11.2. The molecule has 0 saturated heterocycles. The standard InChI is InChI=1S/C20H25IO7S/c1-4-26-16(22)12-9-13-29-17(14-10-7-8-11-15(14)21)20(25,18(23)27-5-2)19(24)28-6-3/h7-12,17,25H,4-6,13H2,1-3H3/b12-9+. The van der Waals surface area contributed by atoms with E-state index in [0.717, 1.165) is 15.3 Å². The van der Waals surface area contributed by atoms with Crippen molar-refractivity contribution in [3.63, 3.8) is 0 Å². The molecule has 160 valence electrons. The highest BCUT2D eigenvalue weighted by Gasteiger charge is 2.55. The Hall–Kier alpha value is -1.59. The van der Waals surface area contributed by atoms with Crippen molar-refractivity contribution in [2.75, 3.05) is 25.6 Å². The van der Waals surface area contributed by atoms with Gasteiger partial charge in [-0.1, -0.05) is 24.3 Å². The zero-order chi connectivity index (χ0) is 21.9. The van der Waals surface area contributed by atoms with E-state index < -0.39 is 28.8 Å². The first-order valence-electron chi connectivity index (χ1n) is 9.08. The van der Waals surface area contributed by atoms with E-state index >= 15 is 0 Å². The summed E-state index contributed by atoms with van der Waals surface area (Å²) < 4.78 is 15.6. The maximum atomic E-state index is 12.7. The minimum atomic E-state index is -2.55. The van der Waals surface area contributed by atoms with E-state index in [2.05, 4.69) is 22.6 Å². The number of hydrogen-bond donors (Lipinski definition) is 1. The predicted molar refractivity (Wildman–Crippen MR) is 118 cm³/mol. The number of benzene rings is 1. The van der Waals surface area contributed by atoms with Crippen molar-refractivity contribution in [2.45, 2.75) is 31.6 Å². The lowest BCUT2D eigenvalue weighted by atomic mass is 9.93. The van der Waals surface area contributed by atoms with Crippen molar-refractivity contribution in [3.05, 3.63) is 45.6 Å². The minimum absolute atomic E-state index is 0.00736. The Balaban J connectivity index is 3.31. The third kappa shape index (κ3) is 7.00. The summed E-state index contributed by atoms with van der Waals surface area (Å²) in [5.74, 6) is -2.42. The molecule has 0 saturated carbocycles. The smallest absolute Gasteiger partial charge is 0.351 e. The number of aliphatic hydroxyl groups is 1. The number of hydrogen-bond acceptors (Lipinski definition) is 8. The van der Waals surface area contributed by atoms with Crippen LogP contribution in [0, 0.1) is 3.57 Å². The van der Waals surface area contributed by atoms with Gasteiger partial charge in [0, 0.05) is 15.4 Å². The number of thioether (sulfide) groups is 1. The predicted octanol–water partition coefficient (Wildman–Crippen LogP) is 3.04. The van der Waals surface area contributed by atoms with Gasteiger partial charge in [-0.25, -0.2) is 14.4 Å². The SMILES string of the molecule is CCOC(=O)/C=C/CSC(c1ccccc1I)C(O)(C(=O)OCC)C(=O)OCC. The lowest BCUT2D eigenvalue weighted by molar-refractivity contribution is -0.183. The monoisotopic (exact) mass is 536 g/mol. The Bertz CT molecular complexity index is 717. The van der Waals surface area contributed by atoms with Crippen LogP contribution in [0.25, 0.3) is 0 Å². The fourth-order valence-electron chi connectivity index (χ4n) is 2.39. The molecule has 29 heavy (non-hydrogen) atoms. The van der Waals surface area contributed by atoms with Gasteiger partial charge in [0.25, 0.3) is 5.60 Å². The molecule has 1 rings (SSSR count). The average Bonchev–Trinajstić information content (AvgIpc) is 2.69. The molecule has 0 aromatic heterocycles. The van der Waals surface area contributed by atoms with Gasteiger partial charge in [0.15, 0.2) is 0 Å². The zero-order valence-corrected chi connectivity index (χ0v) is 19.5. The van der Waals surface area contributed by atoms with Gasteiger partial charge in [0.2, 0.25) is 0 Å². The van der Waals surface area contributed by atoms with E-state index in [-0.39, 0.29) is 25.6 Å². The maximum Gasteiger partial charge on any atom is 0.351 e. The Morgan fingerprint density at radius 1 is 1.07 bits per heavy atom. The summed E-state index contributed by atoms with van der Waals surface area (Å²) in [7, 11) is 0. The highest BCUT2D eigenvalue weighted by atomic mass is 127. The number of ether oxygens (including phenoxy) is 3. The normalized spacial score (nSPS) is 12.4. The van der Waals surface area contributed by atoms with Crippen LogP contribution >= 0.6 is 34.4 Å². The van der Waals surface area contributed by atoms with Gasteiger partial charge < -0.3 is 19.3 Å². The van der Waals surface area contributed by atoms with Crippen LogP contribution in [0.2, 0.25) is 0 Å². The molecule has 0 heterocycles. The Labute approximate surface area is 188 Å². The summed E-state index contributed by atoms with van der Waals surface area (Å²) in [5, 5.41) is 10.2. The summed E-state index contributed by atoms with van der Waals surface area (Å²) in [4.78, 5) is 36.8.